The molecule has 1 fully saturated rings. The van der Waals surface area contributed by atoms with Gasteiger partial charge in [-0.1, -0.05) is 32.5 Å². The molecule has 0 spiro atoms. The molecule has 0 saturated carbocycles. The van der Waals surface area contributed by atoms with E-state index in [9.17, 15) is 34.2 Å². The largest absolute Gasteiger partial charge is 0.481 e. The maximum atomic E-state index is 12.9. The summed E-state index contributed by atoms with van der Waals surface area (Å²) in [6.07, 6.45) is -3.12. The number of carbonyl (C=O) groups excluding carboxylic acids is 4. The number of aliphatic hydroxyl groups is 2. The summed E-state index contributed by atoms with van der Waals surface area (Å²) >= 11 is 0.875. The van der Waals surface area contributed by atoms with Gasteiger partial charge in [0.2, 0.25) is 11.8 Å². The monoisotopic (exact) mass is 578 g/mol. The summed E-state index contributed by atoms with van der Waals surface area (Å²) in [5, 5.41) is 33.6. The van der Waals surface area contributed by atoms with E-state index in [1.807, 2.05) is 0 Å². The van der Waals surface area contributed by atoms with Gasteiger partial charge < -0.3 is 40.2 Å². The molecule has 3 unspecified atom stereocenters. The predicted octanol–water partition coefficient (Wildman–Crippen LogP) is 0.347. The number of carbonyl (C=O) groups is 5. The first-order chi connectivity index (χ1) is 18.2. The fraction of sp³-hybridized carbons (Fsp3) is 0.800. The topological polar surface area (TPSA) is 198 Å². The van der Waals surface area contributed by atoms with E-state index < -0.39 is 52.5 Å². The van der Waals surface area contributed by atoms with Gasteiger partial charge in [-0.05, 0) is 12.8 Å². The minimum absolute atomic E-state index is 0.0231. The number of aliphatic carboxylic acids is 1. The third-order valence-electron chi connectivity index (χ3n) is 6.02. The lowest BCUT2D eigenvalue weighted by Crippen LogP contribution is -2.60. The molecule has 13 nitrogen and oxygen atoms in total. The van der Waals surface area contributed by atoms with Gasteiger partial charge in [0, 0.05) is 44.2 Å². The molecule has 1 heterocycles. The van der Waals surface area contributed by atoms with Gasteiger partial charge in [0.05, 0.1) is 38.1 Å². The summed E-state index contributed by atoms with van der Waals surface area (Å²) in [6, 6.07) is 0. The van der Waals surface area contributed by atoms with E-state index in [0.29, 0.717) is 6.42 Å². The number of amides is 2. The molecule has 14 heteroatoms. The van der Waals surface area contributed by atoms with Crippen molar-refractivity contribution in [1.29, 1.82) is 0 Å². The summed E-state index contributed by atoms with van der Waals surface area (Å²) in [7, 11) is 1.34. The Bertz CT molecular complexity index is 854. The molecule has 0 aliphatic carbocycles. The summed E-state index contributed by atoms with van der Waals surface area (Å²) in [6.45, 7) is 5.65. The number of hydrogen-bond donors (Lipinski definition) is 5. The second kappa shape index (κ2) is 16.9. The molecule has 0 radical (unpaired) electrons. The predicted molar refractivity (Wildman–Crippen MR) is 140 cm³/mol. The molecular weight excluding hydrogens is 536 g/mol. The van der Waals surface area contributed by atoms with Crippen LogP contribution in [0.15, 0.2) is 0 Å². The molecule has 5 N–H and O–H groups in total. The molecule has 1 saturated heterocycles. The van der Waals surface area contributed by atoms with Gasteiger partial charge in [0.25, 0.3) is 5.97 Å². The van der Waals surface area contributed by atoms with Crippen molar-refractivity contribution in [3.63, 3.8) is 0 Å². The Morgan fingerprint density at radius 2 is 1.74 bits per heavy atom. The maximum Gasteiger partial charge on any atom is 0.303 e. The van der Waals surface area contributed by atoms with Crippen LogP contribution < -0.4 is 10.6 Å². The number of nitrogens with one attached hydrogen (secondary N) is 2. The van der Waals surface area contributed by atoms with E-state index in [2.05, 4.69) is 10.6 Å². The highest BCUT2D eigenvalue weighted by molar-refractivity contribution is 8.13. The first-order valence-corrected chi connectivity index (χ1v) is 13.9. The Labute approximate surface area is 232 Å². The molecule has 0 bridgehead atoms. The first kappa shape index (κ1) is 34.9. The van der Waals surface area contributed by atoms with Crippen molar-refractivity contribution >= 4 is 40.4 Å². The van der Waals surface area contributed by atoms with Gasteiger partial charge in [-0.25, -0.2) is 0 Å². The molecule has 0 aromatic carbocycles. The highest BCUT2D eigenvalue weighted by atomic mass is 32.2. The number of thioether (sulfide) groups is 1. The first-order valence-electron chi connectivity index (χ1n) is 12.9. The lowest BCUT2D eigenvalue weighted by Gasteiger charge is -2.47. The van der Waals surface area contributed by atoms with Crippen LogP contribution in [0.25, 0.3) is 0 Å². The van der Waals surface area contributed by atoms with Gasteiger partial charge in [-0.3, -0.25) is 24.0 Å². The number of carboxylic acid groups (broad SMARTS) is 1. The van der Waals surface area contributed by atoms with Gasteiger partial charge in [-0.15, -0.1) is 0 Å². The highest BCUT2D eigenvalue weighted by Crippen LogP contribution is 2.38. The molecule has 0 aromatic heterocycles. The quantitative estimate of drug-likeness (QED) is 0.111. The van der Waals surface area contributed by atoms with Crippen LogP contribution in [0.5, 0.6) is 0 Å². The maximum absolute atomic E-state index is 12.9. The fourth-order valence-electron chi connectivity index (χ4n) is 3.69. The number of Topliss-reactive ketones (excluding diaryl/α,β-unsaturated/α-hetero) is 1. The minimum Gasteiger partial charge on any atom is -0.481 e. The van der Waals surface area contributed by atoms with Crippen molar-refractivity contribution in [1.82, 2.24) is 10.6 Å². The van der Waals surface area contributed by atoms with Crippen molar-refractivity contribution in [2.45, 2.75) is 90.0 Å². The van der Waals surface area contributed by atoms with E-state index in [1.54, 1.807) is 20.8 Å². The van der Waals surface area contributed by atoms with Crippen molar-refractivity contribution in [2.75, 3.05) is 32.6 Å². The van der Waals surface area contributed by atoms with Crippen molar-refractivity contribution in [2.24, 2.45) is 5.41 Å². The van der Waals surface area contributed by atoms with Crippen LogP contribution in [0.2, 0.25) is 0 Å². The Kier molecular flexibility index (Phi) is 15.1. The van der Waals surface area contributed by atoms with E-state index >= 15 is 0 Å². The molecule has 4 atom stereocenters. The zero-order valence-electron chi connectivity index (χ0n) is 23.0. The number of ketones is 1. The van der Waals surface area contributed by atoms with Crippen molar-refractivity contribution in [3.8, 4) is 0 Å². The molecule has 39 heavy (non-hydrogen) atoms. The average molecular weight is 579 g/mol. The van der Waals surface area contributed by atoms with Crippen LogP contribution in [-0.4, -0.2) is 101 Å². The molecule has 1 aliphatic rings. The molecule has 0 aromatic rings. The Balaban J connectivity index is 2.44. The van der Waals surface area contributed by atoms with Crippen LogP contribution in [0.4, 0.5) is 0 Å². The Hall–Kier alpha value is -2.10. The van der Waals surface area contributed by atoms with Crippen molar-refractivity contribution in [3.05, 3.63) is 0 Å². The smallest absolute Gasteiger partial charge is 0.303 e. The van der Waals surface area contributed by atoms with Gasteiger partial charge >= 0.3 is 5.97 Å². The highest BCUT2D eigenvalue weighted by Gasteiger charge is 2.51. The number of carboxylic acids is 1. The number of aliphatic hydroxyl groups excluding tert-OH is 2. The second-order valence-corrected chi connectivity index (χ2v) is 11.2. The van der Waals surface area contributed by atoms with Gasteiger partial charge in [-0.2, -0.15) is 0 Å². The SMILES string of the molecule is CCC(O)CC(O)CC1(OC)OCC(C)(C)[C@H](C(=O)NCCC(=O)NCCSC(=O)CC(=O)CCC(=O)O)O1. The summed E-state index contributed by atoms with van der Waals surface area (Å²) in [5.41, 5.74) is -0.735. The van der Waals surface area contributed by atoms with Crippen LogP contribution >= 0.6 is 11.8 Å². The molecule has 2 amide bonds. The lowest BCUT2D eigenvalue weighted by molar-refractivity contribution is -0.429. The lowest BCUT2D eigenvalue weighted by atomic mass is 9.85. The standard InChI is InChI=1S/C25H42N2O11S/c1-5-16(28)12-18(30)14-25(36-4)37-15-24(2,3)22(38-25)23(35)27-9-8-19(31)26-10-11-39-21(34)13-17(29)6-7-20(32)33/h16,18,22,28,30H,5-15H2,1-4H3,(H,26,31)(H,27,35)(H,32,33)/t16?,18?,22-,25?/m0/s1. The average Bonchev–Trinajstić information content (AvgIpc) is 2.86. The van der Waals surface area contributed by atoms with E-state index in [0.717, 1.165) is 11.8 Å². The van der Waals surface area contributed by atoms with E-state index in [-0.39, 0.29) is 69.9 Å². The number of methoxy groups -OCH3 is 1. The minimum atomic E-state index is -1.67. The molecule has 1 rings (SSSR count). The Morgan fingerprint density at radius 1 is 1.05 bits per heavy atom. The zero-order valence-corrected chi connectivity index (χ0v) is 23.8. The zero-order chi connectivity index (χ0) is 29.6. The molecule has 1 aliphatic heterocycles. The number of hydrogen-bond acceptors (Lipinski definition) is 11. The number of rotatable bonds is 18. The van der Waals surface area contributed by atoms with Crippen LogP contribution in [0, 0.1) is 5.41 Å². The van der Waals surface area contributed by atoms with E-state index in [1.165, 1.54) is 7.11 Å². The normalized spacial score (nSPS) is 21.9. The second-order valence-electron chi connectivity index (χ2n) is 10.0. The van der Waals surface area contributed by atoms with Crippen molar-refractivity contribution < 1.29 is 53.5 Å². The van der Waals surface area contributed by atoms with E-state index in [4.69, 9.17) is 19.3 Å². The van der Waals surface area contributed by atoms with Crippen LogP contribution in [0.1, 0.15) is 65.7 Å². The van der Waals surface area contributed by atoms with Crippen LogP contribution in [0.3, 0.4) is 0 Å². The van der Waals surface area contributed by atoms with Gasteiger partial charge in [0.15, 0.2) is 5.12 Å². The molecule has 224 valence electrons. The number of ether oxygens (including phenoxy) is 3. The fourth-order valence-corrected chi connectivity index (χ4v) is 4.38. The molecular formula is C25H42N2O11S. The summed E-state index contributed by atoms with van der Waals surface area (Å²) in [4.78, 5) is 58.8. The van der Waals surface area contributed by atoms with Gasteiger partial charge in [0.1, 0.15) is 11.9 Å². The van der Waals surface area contributed by atoms with Crippen LogP contribution in [-0.2, 0) is 38.2 Å². The Morgan fingerprint density at radius 3 is 2.36 bits per heavy atom. The third-order valence-corrected chi connectivity index (χ3v) is 6.89. The third kappa shape index (κ3) is 13.2. The summed E-state index contributed by atoms with van der Waals surface area (Å²) < 4.78 is 17.1. The summed E-state index contributed by atoms with van der Waals surface area (Å²) in [5.74, 6) is -3.80.